The summed E-state index contributed by atoms with van der Waals surface area (Å²) < 4.78 is 0. The maximum atomic E-state index is 11.8. The van der Waals surface area contributed by atoms with Gasteiger partial charge < -0.3 is 5.73 Å². The Morgan fingerprint density at radius 2 is 1.76 bits per heavy atom. The second kappa shape index (κ2) is 5.97. The Morgan fingerprint density at radius 1 is 1.00 bits per heavy atom. The first-order valence-corrected chi connectivity index (χ1v) is 7.48. The summed E-state index contributed by atoms with van der Waals surface area (Å²) in [4.78, 5) is 17.2. The van der Waals surface area contributed by atoms with Crippen molar-refractivity contribution < 1.29 is 4.79 Å². The van der Waals surface area contributed by atoms with Gasteiger partial charge in [-0.3, -0.25) is 9.78 Å². The summed E-state index contributed by atoms with van der Waals surface area (Å²) in [7, 11) is 0. The van der Waals surface area contributed by atoms with Crippen LogP contribution in [-0.4, -0.2) is 10.9 Å². The van der Waals surface area contributed by atoms with Crippen LogP contribution in [0.2, 0.25) is 0 Å². The van der Waals surface area contributed by atoms with E-state index in [2.05, 4.69) is 4.98 Å². The fourth-order valence-corrected chi connectivity index (χ4v) is 3.32. The molecule has 0 saturated carbocycles. The van der Waals surface area contributed by atoms with E-state index >= 15 is 0 Å². The molecule has 0 fully saturated rings. The Bertz CT molecular complexity index is 769. The van der Waals surface area contributed by atoms with E-state index in [1.54, 1.807) is 6.20 Å². The van der Waals surface area contributed by atoms with Gasteiger partial charge in [0.15, 0.2) is 0 Å². The van der Waals surface area contributed by atoms with Crippen molar-refractivity contribution in [2.75, 3.05) is 0 Å². The normalized spacial score (nSPS) is 12.2. The molecule has 0 spiro atoms. The van der Waals surface area contributed by atoms with E-state index in [9.17, 15) is 4.79 Å². The van der Waals surface area contributed by atoms with Gasteiger partial charge in [0.25, 0.3) is 0 Å². The molecule has 4 heteroatoms. The van der Waals surface area contributed by atoms with Crippen LogP contribution >= 0.6 is 11.8 Å². The first-order chi connectivity index (χ1) is 10.3. The number of thioether (sulfide) groups is 1. The summed E-state index contributed by atoms with van der Waals surface area (Å²) in [5.74, 6) is -0.348. The Hall–Kier alpha value is -2.33. The second-order valence-electron chi connectivity index (χ2n) is 4.64. The molecule has 1 atom stereocenters. The van der Waals surface area contributed by atoms with E-state index in [1.807, 2.05) is 60.7 Å². The number of rotatable bonds is 4. The van der Waals surface area contributed by atoms with Gasteiger partial charge in [-0.25, -0.2) is 0 Å². The number of hydrogen-bond acceptors (Lipinski definition) is 3. The molecular formula is C17H14N2OS. The first-order valence-electron chi connectivity index (χ1n) is 6.60. The minimum absolute atomic E-state index is 0.348. The fraction of sp³-hybridized carbons (Fsp3) is 0.0588. The molecule has 21 heavy (non-hydrogen) atoms. The highest BCUT2D eigenvalue weighted by molar-refractivity contribution is 8.00. The van der Waals surface area contributed by atoms with Crippen LogP contribution in [0.5, 0.6) is 0 Å². The van der Waals surface area contributed by atoms with Crippen LogP contribution in [0.3, 0.4) is 0 Å². The highest BCUT2D eigenvalue weighted by Crippen LogP contribution is 2.37. The molecule has 104 valence electrons. The Morgan fingerprint density at radius 3 is 2.52 bits per heavy atom. The quantitative estimate of drug-likeness (QED) is 0.749. The van der Waals surface area contributed by atoms with E-state index in [-0.39, 0.29) is 5.91 Å². The van der Waals surface area contributed by atoms with Gasteiger partial charge in [-0.05, 0) is 17.7 Å². The zero-order chi connectivity index (χ0) is 14.7. The molecule has 1 heterocycles. The second-order valence-corrected chi connectivity index (χ2v) is 5.79. The molecule has 3 nitrogen and oxygen atoms in total. The van der Waals surface area contributed by atoms with Crippen LogP contribution in [0.1, 0.15) is 10.8 Å². The smallest absolute Gasteiger partial charge is 0.235 e. The van der Waals surface area contributed by atoms with Crippen LogP contribution in [0, 0.1) is 0 Å². The Kier molecular flexibility index (Phi) is 3.88. The summed E-state index contributed by atoms with van der Waals surface area (Å²) in [5.41, 5.74) is 7.38. The molecule has 0 aliphatic rings. The number of para-hydroxylation sites is 1. The molecule has 1 aromatic heterocycles. The van der Waals surface area contributed by atoms with Crippen molar-refractivity contribution in [3.63, 3.8) is 0 Å². The standard InChI is InChI=1S/C17H14N2OS/c18-17(20)16(13-6-2-1-3-7-13)21-14-10-4-8-12-9-5-11-19-15(12)14/h1-11,16H,(H2,18,20)/t16-/m0/s1. The predicted octanol–water partition coefficient (Wildman–Crippen LogP) is 3.55. The van der Waals surface area contributed by atoms with Crippen molar-refractivity contribution in [3.8, 4) is 0 Å². The number of nitrogens with two attached hydrogens (primary N) is 1. The number of nitrogens with zero attached hydrogens (tertiary/aromatic N) is 1. The number of pyridine rings is 1. The number of amides is 1. The third kappa shape index (κ3) is 2.90. The minimum Gasteiger partial charge on any atom is -0.368 e. The topological polar surface area (TPSA) is 56.0 Å². The number of hydrogen-bond donors (Lipinski definition) is 1. The molecule has 0 saturated heterocycles. The maximum Gasteiger partial charge on any atom is 0.235 e. The summed E-state index contributed by atoms with van der Waals surface area (Å²) >= 11 is 1.44. The zero-order valence-electron chi connectivity index (χ0n) is 11.3. The highest BCUT2D eigenvalue weighted by Gasteiger charge is 2.20. The number of carbonyl (C=O) groups excluding carboxylic acids is 1. The Labute approximate surface area is 127 Å². The molecule has 2 aromatic carbocycles. The number of primary amides is 1. The van der Waals surface area contributed by atoms with Crippen molar-refractivity contribution in [2.45, 2.75) is 10.1 Å². The lowest BCUT2D eigenvalue weighted by Crippen LogP contribution is -2.18. The molecule has 0 unspecified atom stereocenters. The monoisotopic (exact) mass is 294 g/mol. The van der Waals surface area contributed by atoms with Gasteiger partial charge >= 0.3 is 0 Å². The molecular weight excluding hydrogens is 280 g/mol. The van der Waals surface area contributed by atoms with Crippen LogP contribution in [0.15, 0.2) is 71.8 Å². The largest absolute Gasteiger partial charge is 0.368 e. The highest BCUT2D eigenvalue weighted by atomic mass is 32.2. The minimum atomic E-state index is -0.418. The number of aromatic nitrogens is 1. The lowest BCUT2D eigenvalue weighted by atomic mass is 10.1. The van der Waals surface area contributed by atoms with Gasteiger partial charge in [0.05, 0.1) is 5.52 Å². The van der Waals surface area contributed by atoms with Gasteiger partial charge in [-0.2, -0.15) is 0 Å². The van der Waals surface area contributed by atoms with Crippen LogP contribution in [0.4, 0.5) is 0 Å². The van der Waals surface area contributed by atoms with Gasteiger partial charge in [0.1, 0.15) is 5.25 Å². The van der Waals surface area contributed by atoms with E-state index < -0.39 is 5.25 Å². The summed E-state index contributed by atoms with van der Waals surface area (Å²) in [6, 6.07) is 19.4. The SMILES string of the molecule is NC(=O)[C@@H](Sc1cccc2cccnc12)c1ccccc1. The summed E-state index contributed by atoms with van der Waals surface area (Å²) in [6.07, 6.45) is 1.76. The van der Waals surface area contributed by atoms with Crippen molar-refractivity contribution in [1.29, 1.82) is 0 Å². The summed E-state index contributed by atoms with van der Waals surface area (Å²) in [6.45, 7) is 0. The number of benzene rings is 2. The van der Waals surface area contributed by atoms with Crippen LogP contribution in [0.25, 0.3) is 10.9 Å². The van der Waals surface area contributed by atoms with Gasteiger partial charge in [-0.15, -0.1) is 11.8 Å². The van der Waals surface area contributed by atoms with Gasteiger partial charge in [0, 0.05) is 16.5 Å². The molecule has 3 aromatic rings. The van der Waals surface area contributed by atoms with E-state index in [1.165, 1.54) is 11.8 Å². The molecule has 0 aliphatic carbocycles. The summed E-state index contributed by atoms with van der Waals surface area (Å²) in [5, 5.41) is 0.637. The number of carbonyl (C=O) groups is 1. The van der Waals surface area contributed by atoms with E-state index in [0.29, 0.717) is 0 Å². The van der Waals surface area contributed by atoms with Crippen LogP contribution in [-0.2, 0) is 4.79 Å². The Balaban J connectivity index is 2.01. The average Bonchev–Trinajstić information content (AvgIpc) is 2.53. The maximum absolute atomic E-state index is 11.8. The fourth-order valence-electron chi connectivity index (χ4n) is 2.22. The van der Waals surface area contributed by atoms with Crippen LogP contribution < -0.4 is 5.73 Å². The van der Waals surface area contributed by atoms with Crippen molar-refractivity contribution >= 4 is 28.6 Å². The van der Waals surface area contributed by atoms with E-state index in [4.69, 9.17) is 5.73 Å². The van der Waals surface area contributed by atoms with Gasteiger partial charge in [-0.1, -0.05) is 48.5 Å². The predicted molar refractivity (Wildman–Crippen MR) is 86.0 cm³/mol. The molecule has 2 N–H and O–H groups in total. The average molecular weight is 294 g/mol. The third-order valence-corrected chi connectivity index (χ3v) is 4.52. The van der Waals surface area contributed by atoms with Gasteiger partial charge in [0.2, 0.25) is 5.91 Å². The first kappa shape index (κ1) is 13.6. The molecule has 0 aliphatic heterocycles. The van der Waals surface area contributed by atoms with Crippen molar-refractivity contribution in [1.82, 2.24) is 4.98 Å². The van der Waals surface area contributed by atoms with E-state index in [0.717, 1.165) is 21.4 Å². The molecule has 0 bridgehead atoms. The lowest BCUT2D eigenvalue weighted by Gasteiger charge is -2.14. The molecule has 1 amide bonds. The lowest BCUT2D eigenvalue weighted by molar-refractivity contribution is -0.117. The molecule has 0 radical (unpaired) electrons. The third-order valence-electron chi connectivity index (χ3n) is 3.20. The van der Waals surface area contributed by atoms with Crippen molar-refractivity contribution in [3.05, 3.63) is 72.4 Å². The zero-order valence-corrected chi connectivity index (χ0v) is 12.1. The molecule has 3 rings (SSSR count). The van der Waals surface area contributed by atoms with Crippen molar-refractivity contribution in [2.24, 2.45) is 5.73 Å². The number of fused-ring (bicyclic) bond motifs is 1.